The Morgan fingerprint density at radius 2 is 2.05 bits per heavy atom. The maximum Gasteiger partial charge on any atom is 0.416 e. The Bertz CT molecular complexity index is 512. The van der Waals surface area contributed by atoms with Crippen LogP contribution >= 0.6 is 15.9 Å². The number of ether oxygens (including phenoxy) is 1. The zero-order chi connectivity index (χ0) is 15.1. The minimum absolute atomic E-state index is 0.0641. The molecular formula is C16H18BrF3O. The van der Waals surface area contributed by atoms with Gasteiger partial charge in [0.1, 0.15) is 0 Å². The number of hydrogen-bond donors (Lipinski definition) is 0. The lowest BCUT2D eigenvalue weighted by atomic mass is 9.76. The average molecular weight is 363 g/mol. The van der Waals surface area contributed by atoms with Gasteiger partial charge in [0.05, 0.1) is 11.7 Å². The van der Waals surface area contributed by atoms with Crippen molar-refractivity contribution >= 4 is 15.9 Å². The number of benzene rings is 1. The van der Waals surface area contributed by atoms with Gasteiger partial charge in [-0.2, -0.15) is 13.2 Å². The van der Waals surface area contributed by atoms with Crippen LogP contribution in [-0.2, 0) is 17.3 Å². The maximum absolute atomic E-state index is 12.8. The predicted molar refractivity (Wildman–Crippen MR) is 78.5 cm³/mol. The van der Waals surface area contributed by atoms with Gasteiger partial charge in [0.25, 0.3) is 0 Å². The van der Waals surface area contributed by atoms with E-state index in [-0.39, 0.29) is 11.5 Å². The molecule has 0 radical (unpaired) electrons. The second-order valence-corrected chi connectivity index (χ2v) is 6.81. The number of hydrogen-bond acceptors (Lipinski definition) is 1. The SMILES string of the molecule is FC(F)(F)c1cccc(CC2(CBr)CCOC2C2CC2)c1. The van der Waals surface area contributed by atoms with Crippen LogP contribution in [0.15, 0.2) is 24.3 Å². The minimum Gasteiger partial charge on any atom is -0.377 e. The number of rotatable bonds is 4. The Morgan fingerprint density at radius 1 is 1.29 bits per heavy atom. The highest BCUT2D eigenvalue weighted by molar-refractivity contribution is 9.09. The van der Waals surface area contributed by atoms with Gasteiger partial charge in [-0.05, 0) is 43.2 Å². The van der Waals surface area contributed by atoms with Crippen molar-refractivity contribution in [2.24, 2.45) is 11.3 Å². The highest BCUT2D eigenvalue weighted by Crippen LogP contribution is 2.50. The summed E-state index contributed by atoms with van der Waals surface area (Å²) in [5, 5.41) is 0.775. The summed E-state index contributed by atoms with van der Waals surface area (Å²) in [6.45, 7) is 0.714. The monoisotopic (exact) mass is 362 g/mol. The fourth-order valence-electron chi connectivity index (χ4n) is 3.39. The maximum atomic E-state index is 12.8. The smallest absolute Gasteiger partial charge is 0.377 e. The van der Waals surface area contributed by atoms with E-state index in [1.807, 2.05) is 0 Å². The summed E-state index contributed by atoms with van der Waals surface area (Å²) >= 11 is 3.58. The van der Waals surface area contributed by atoms with Crippen LogP contribution in [0.3, 0.4) is 0 Å². The summed E-state index contributed by atoms with van der Waals surface area (Å²) in [6.07, 6.45) is -0.172. The van der Waals surface area contributed by atoms with Gasteiger partial charge in [-0.25, -0.2) is 0 Å². The van der Waals surface area contributed by atoms with Gasteiger partial charge < -0.3 is 4.74 Å². The molecule has 2 aliphatic rings. The van der Waals surface area contributed by atoms with E-state index in [1.54, 1.807) is 6.07 Å². The molecule has 0 bridgehead atoms. The first-order chi connectivity index (χ1) is 9.94. The minimum atomic E-state index is -4.28. The molecule has 1 nitrogen and oxygen atoms in total. The second-order valence-electron chi connectivity index (χ2n) is 6.25. The van der Waals surface area contributed by atoms with Crippen LogP contribution < -0.4 is 0 Å². The first-order valence-corrected chi connectivity index (χ1v) is 8.40. The molecule has 1 aromatic carbocycles. The predicted octanol–water partition coefficient (Wildman–Crippen LogP) is 4.83. The van der Waals surface area contributed by atoms with Gasteiger partial charge in [-0.15, -0.1) is 0 Å². The van der Waals surface area contributed by atoms with Crippen molar-refractivity contribution in [2.75, 3.05) is 11.9 Å². The first kappa shape index (κ1) is 15.3. The zero-order valence-electron chi connectivity index (χ0n) is 11.6. The third-order valence-corrected chi connectivity index (χ3v) is 5.74. The van der Waals surface area contributed by atoms with E-state index in [0.29, 0.717) is 18.9 Å². The van der Waals surface area contributed by atoms with Crippen LogP contribution in [0.4, 0.5) is 13.2 Å². The fraction of sp³-hybridized carbons (Fsp3) is 0.625. The van der Waals surface area contributed by atoms with E-state index in [4.69, 9.17) is 4.74 Å². The number of halogens is 4. The lowest BCUT2D eigenvalue weighted by molar-refractivity contribution is -0.137. The molecule has 1 aromatic rings. The van der Waals surface area contributed by atoms with Crippen LogP contribution in [0.25, 0.3) is 0 Å². The Labute approximate surface area is 131 Å². The quantitative estimate of drug-likeness (QED) is 0.697. The molecule has 1 aliphatic carbocycles. The summed E-state index contributed by atoms with van der Waals surface area (Å²) < 4.78 is 44.4. The topological polar surface area (TPSA) is 9.23 Å². The Hall–Kier alpha value is -0.550. The van der Waals surface area contributed by atoms with E-state index in [9.17, 15) is 13.2 Å². The van der Waals surface area contributed by atoms with Crippen molar-refractivity contribution in [3.8, 4) is 0 Å². The number of alkyl halides is 4. The van der Waals surface area contributed by atoms with E-state index in [1.165, 1.54) is 25.0 Å². The van der Waals surface area contributed by atoms with E-state index < -0.39 is 11.7 Å². The fourth-order valence-corrected chi connectivity index (χ4v) is 4.18. The molecule has 0 aromatic heterocycles. The molecule has 116 valence electrons. The van der Waals surface area contributed by atoms with Crippen LogP contribution in [0.5, 0.6) is 0 Å². The summed E-state index contributed by atoms with van der Waals surface area (Å²) in [7, 11) is 0. The lowest BCUT2D eigenvalue weighted by Crippen LogP contribution is -2.36. The van der Waals surface area contributed by atoms with Crippen LogP contribution in [-0.4, -0.2) is 18.0 Å². The Morgan fingerprint density at radius 3 is 2.67 bits per heavy atom. The molecule has 2 unspecified atom stereocenters. The van der Waals surface area contributed by atoms with Crippen LogP contribution in [0.2, 0.25) is 0 Å². The van der Waals surface area contributed by atoms with Crippen molar-refractivity contribution < 1.29 is 17.9 Å². The molecule has 0 amide bonds. The molecule has 3 rings (SSSR count). The molecule has 0 N–H and O–H groups in total. The highest BCUT2D eigenvalue weighted by Gasteiger charge is 2.50. The highest BCUT2D eigenvalue weighted by atomic mass is 79.9. The van der Waals surface area contributed by atoms with Crippen LogP contribution in [0, 0.1) is 11.3 Å². The van der Waals surface area contributed by atoms with Crippen molar-refractivity contribution in [1.29, 1.82) is 0 Å². The zero-order valence-corrected chi connectivity index (χ0v) is 13.2. The van der Waals surface area contributed by atoms with Crippen molar-refractivity contribution in [2.45, 2.75) is 38.0 Å². The summed E-state index contributed by atoms with van der Waals surface area (Å²) in [5.74, 6) is 0.593. The third-order valence-electron chi connectivity index (χ3n) is 4.63. The first-order valence-electron chi connectivity index (χ1n) is 7.28. The largest absolute Gasteiger partial charge is 0.416 e. The summed E-state index contributed by atoms with van der Waals surface area (Å²) in [5.41, 5.74) is 0.123. The third kappa shape index (κ3) is 3.14. The van der Waals surface area contributed by atoms with E-state index in [2.05, 4.69) is 15.9 Å². The molecule has 2 atom stereocenters. The summed E-state index contributed by atoms with van der Waals surface area (Å²) in [4.78, 5) is 0. The summed E-state index contributed by atoms with van der Waals surface area (Å²) in [6, 6.07) is 5.71. The molecule has 1 aliphatic heterocycles. The van der Waals surface area contributed by atoms with Gasteiger partial charge in [0, 0.05) is 17.4 Å². The van der Waals surface area contributed by atoms with Gasteiger partial charge in [0.15, 0.2) is 0 Å². The van der Waals surface area contributed by atoms with Crippen molar-refractivity contribution in [1.82, 2.24) is 0 Å². The van der Waals surface area contributed by atoms with E-state index in [0.717, 1.165) is 23.4 Å². The molecule has 5 heteroatoms. The van der Waals surface area contributed by atoms with Crippen molar-refractivity contribution in [3.63, 3.8) is 0 Å². The standard InChI is InChI=1S/C16H18BrF3O/c17-10-15(6-7-21-14(15)12-4-5-12)9-11-2-1-3-13(8-11)16(18,19)20/h1-3,8,12,14H,4-7,9-10H2. The van der Waals surface area contributed by atoms with Gasteiger partial charge in [0.2, 0.25) is 0 Å². The Balaban J connectivity index is 1.84. The van der Waals surface area contributed by atoms with Crippen molar-refractivity contribution in [3.05, 3.63) is 35.4 Å². The molecule has 1 heterocycles. The van der Waals surface area contributed by atoms with Gasteiger partial charge in [-0.1, -0.05) is 34.1 Å². The molecular weight excluding hydrogens is 345 g/mol. The van der Waals surface area contributed by atoms with Gasteiger partial charge >= 0.3 is 6.18 Å². The van der Waals surface area contributed by atoms with Gasteiger partial charge in [-0.3, -0.25) is 0 Å². The molecule has 0 spiro atoms. The average Bonchev–Trinajstić information content (AvgIpc) is 3.20. The molecule has 21 heavy (non-hydrogen) atoms. The lowest BCUT2D eigenvalue weighted by Gasteiger charge is -2.33. The normalized spacial score (nSPS) is 29.8. The second kappa shape index (κ2) is 5.58. The Kier molecular flexibility index (Phi) is 4.08. The molecule has 2 fully saturated rings. The molecule has 1 saturated heterocycles. The van der Waals surface area contributed by atoms with Crippen LogP contribution in [0.1, 0.15) is 30.4 Å². The van der Waals surface area contributed by atoms with E-state index >= 15 is 0 Å². The molecule has 1 saturated carbocycles.